The summed E-state index contributed by atoms with van der Waals surface area (Å²) in [5.74, 6) is -0.690. The molecule has 0 fully saturated rings. The Hall–Kier alpha value is -0.920. The van der Waals surface area contributed by atoms with E-state index < -0.39 is 11.6 Å². The molecule has 18 heavy (non-hydrogen) atoms. The average Bonchev–Trinajstić information content (AvgIpc) is 2.34. The van der Waals surface area contributed by atoms with Crippen molar-refractivity contribution in [2.45, 2.75) is 58.8 Å². The Morgan fingerprint density at radius 1 is 0.944 bits per heavy atom. The van der Waals surface area contributed by atoms with Gasteiger partial charge in [0.1, 0.15) is 0 Å². The molecular formula is C16H24F2. The molecule has 0 nitrogen and oxygen atoms in total. The van der Waals surface area contributed by atoms with E-state index in [1.165, 1.54) is 44.2 Å². The molecule has 0 aliphatic rings. The molecule has 0 aliphatic carbocycles. The van der Waals surface area contributed by atoms with Crippen molar-refractivity contribution in [2.24, 2.45) is 5.92 Å². The van der Waals surface area contributed by atoms with Crippen molar-refractivity contribution >= 4 is 0 Å². The molecule has 0 spiro atoms. The summed E-state index contributed by atoms with van der Waals surface area (Å²) in [6, 6.07) is 4.23. The lowest BCUT2D eigenvalue weighted by atomic mass is 9.92. The van der Waals surface area contributed by atoms with Crippen LogP contribution in [0.5, 0.6) is 0 Å². The molecule has 0 N–H and O–H groups in total. The summed E-state index contributed by atoms with van der Waals surface area (Å²) in [5, 5.41) is 0. The lowest BCUT2D eigenvalue weighted by molar-refractivity contribution is 0.400. The zero-order valence-electron chi connectivity index (χ0n) is 11.5. The van der Waals surface area contributed by atoms with Crippen molar-refractivity contribution in [2.75, 3.05) is 0 Å². The molecule has 0 saturated heterocycles. The van der Waals surface area contributed by atoms with Gasteiger partial charge in [0.05, 0.1) is 0 Å². The van der Waals surface area contributed by atoms with Crippen LogP contribution < -0.4 is 0 Å². The first-order valence-electron chi connectivity index (χ1n) is 7.11. The Morgan fingerprint density at radius 2 is 1.61 bits per heavy atom. The maximum absolute atomic E-state index is 13.0. The van der Waals surface area contributed by atoms with E-state index in [0.717, 1.165) is 24.3 Å². The minimum absolute atomic E-state index is 0.730. The summed E-state index contributed by atoms with van der Waals surface area (Å²) in [7, 11) is 0. The van der Waals surface area contributed by atoms with E-state index in [-0.39, 0.29) is 0 Å². The average molecular weight is 254 g/mol. The fraction of sp³-hybridized carbons (Fsp3) is 0.625. The topological polar surface area (TPSA) is 0 Å². The molecular weight excluding hydrogens is 230 g/mol. The second-order valence-corrected chi connectivity index (χ2v) is 5.08. The first-order chi connectivity index (χ1) is 8.67. The van der Waals surface area contributed by atoms with Crippen molar-refractivity contribution in [1.82, 2.24) is 0 Å². The Morgan fingerprint density at radius 3 is 2.17 bits per heavy atom. The van der Waals surface area contributed by atoms with Crippen molar-refractivity contribution in [3.8, 4) is 0 Å². The van der Waals surface area contributed by atoms with Crippen LogP contribution in [0.2, 0.25) is 0 Å². The first-order valence-corrected chi connectivity index (χ1v) is 7.11. The minimum atomic E-state index is -0.756. The Kier molecular flexibility index (Phi) is 6.92. The van der Waals surface area contributed by atoms with Crippen LogP contribution in [0, 0.1) is 17.6 Å². The summed E-state index contributed by atoms with van der Waals surface area (Å²) >= 11 is 0. The summed E-state index contributed by atoms with van der Waals surface area (Å²) in [6.45, 7) is 4.44. The summed E-state index contributed by atoms with van der Waals surface area (Å²) < 4.78 is 25.8. The van der Waals surface area contributed by atoms with E-state index >= 15 is 0 Å². The highest BCUT2D eigenvalue weighted by molar-refractivity contribution is 5.17. The van der Waals surface area contributed by atoms with Gasteiger partial charge in [-0.2, -0.15) is 0 Å². The number of benzene rings is 1. The van der Waals surface area contributed by atoms with Crippen LogP contribution in [0.1, 0.15) is 57.9 Å². The minimum Gasteiger partial charge on any atom is -0.204 e. The number of aryl methyl sites for hydroxylation is 1. The van der Waals surface area contributed by atoms with E-state index in [1.54, 1.807) is 6.07 Å². The predicted octanol–water partition coefficient (Wildman–Crippen LogP) is 5.50. The summed E-state index contributed by atoms with van der Waals surface area (Å²) in [5.41, 5.74) is 0.903. The zero-order chi connectivity index (χ0) is 13.4. The number of rotatable bonds is 8. The SMILES string of the molecule is CCCC(CCC)CCCc1ccc(F)c(F)c1. The maximum Gasteiger partial charge on any atom is 0.159 e. The lowest BCUT2D eigenvalue weighted by Gasteiger charge is -2.14. The van der Waals surface area contributed by atoms with Gasteiger partial charge >= 0.3 is 0 Å². The molecule has 1 rings (SSSR count). The molecule has 1 aromatic carbocycles. The molecule has 0 radical (unpaired) electrons. The van der Waals surface area contributed by atoms with Gasteiger partial charge in [0, 0.05) is 0 Å². The van der Waals surface area contributed by atoms with Crippen LogP contribution in [-0.2, 0) is 6.42 Å². The molecule has 0 heterocycles. The molecule has 0 amide bonds. The van der Waals surface area contributed by atoms with Gasteiger partial charge in [-0.1, -0.05) is 52.0 Å². The van der Waals surface area contributed by atoms with Crippen LogP contribution in [0.4, 0.5) is 8.78 Å². The third kappa shape index (κ3) is 5.16. The number of hydrogen-bond donors (Lipinski definition) is 0. The molecule has 102 valence electrons. The van der Waals surface area contributed by atoms with Gasteiger partial charge in [0.15, 0.2) is 11.6 Å². The largest absolute Gasteiger partial charge is 0.204 e. The van der Waals surface area contributed by atoms with E-state index in [2.05, 4.69) is 13.8 Å². The van der Waals surface area contributed by atoms with Crippen molar-refractivity contribution in [3.05, 3.63) is 35.4 Å². The molecule has 0 bridgehead atoms. The Bertz CT molecular complexity index is 341. The van der Waals surface area contributed by atoms with Crippen molar-refractivity contribution < 1.29 is 8.78 Å². The normalized spacial score (nSPS) is 11.2. The standard InChI is InChI=1S/C16H24F2/c1-3-6-13(7-4-2)8-5-9-14-10-11-15(17)16(18)12-14/h10-13H,3-9H2,1-2H3. The second kappa shape index (κ2) is 8.23. The van der Waals surface area contributed by atoms with Crippen LogP contribution in [0.25, 0.3) is 0 Å². The second-order valence-electron chi connectivity index (χ2n) is 5.08. The monoisotopic (exact) mass is 254 g/mol. The predicted molar refractivity (Wildman–Crippen MR) is 72.6 cm³/mol. The van der Waals surface area contributed by atoms with E-state index in [0.29, 0.717) is 0 Å². The van der Waals surface area contributed by atoms with Crippen molar-refractivity contribution in [1.29, 1.82) is 0 Å². The fourth-order valence-electron chi connectivity index (χ4n) is 2.54. The molecule has 0 aromatic heterocycles. The summed E-state index contributed by atoms with van der Waals surface area (Å²) in [4.78, 5) is 0. The highest BCUT2D eigenvalue weighted by Crippen LogP contribution is 2.21. The highest BCUT2D eigenvalue weighted by Gasteiger charge is 2.07. The van der Waals surface area contributed by atoms with E-state index in [1.807, 2.05) is 0 Å². The summed E-state index contributed by atoms with van der Waals surface area (Å²) in [6.07, 6.45) is 8.14. The Balaban J connectivity index is 2.37. The van der Waals surface area contributed by atoms with Crippen molar-refractivity contribution in [3.63, 3.8) is 0 Å². The van der Waals surface area contributed by atoms with Gasteiger partial charge in [-0.25, -0.2) is 8.78 Å². The number of halogens is 2. The van der Waals surface area contributed by atoms with Crippen LogP contribution in [0.15, 0.2) is 18.2 Å². The molecule has 1 aromatic rings. The molecule has 0 aliphatic heterocycles. The van der Waals surface area contributed by atoms with Crippen LogP contribution in [0.3, 0.4) is 0 Å². The fourth-order valence-corrected chi connectivity index (χ4v) is 2.54. The van der Waals surface area contributed by atoms with Crippen LogP contribution in [-0.4, -0.2) is 0 Å². The van der Waals surface area contributed by atoms with Gasteiger partial charge in [0.2, 0.25) is 0 Å². The number of hydrogen-bond acceptors (Lipinski definition) is 0. The smallest absolute Gasteiger partial charge is 0.159 e. The van der Waals surface area contributed by atoms with Gasteiger partial charge < -0.3 is 0 Å². The Labute approximate surface area is 109 Å². The maximum atomic E-state index is 13.0. The van der Waals surface area contributed by atoms with Crippen LogP contribution >= 0.6 is 0 Å². The van der Waals surface area contributed by atoms with Gasteiger partial charge in [-0.3, -0.25) is 0 Å². The molecule has 2 heteroatoms. The highest BCUT2D eigenvalue weighted by atomic mass is 19.2. The van der Waals surface area contributed by atoms with E-state index in [4.69, 9.17) is 0 Å². The molecule has 0 atom stereocenters. The van der Waals surface area contributed by atoms with Gasteiger partial charge in [0.25, 0.3) is 0 Å². The van der Waals surface area contributed by atoms with Gasteiger partial charge in [-0.05, 0) is 36.5 Å². The molecule has 0 unspecified atom stereocenters. The van der Waals surface area contributed by atoms with E-state index in [9.17, 15) is 8.78 Å². The molecule has 0 saturated carbocycles. The zero-order valence-corrected chi connectivity index (χ0v) is 11.5. The third-order valence-electron chi connectivity index (χ3n) is 3.46. The lowest BCUT2D eigenvalue weighted by Crippen LogP contribution is -2.01. The quantitative estimate of drug-likeness (QED) is 0.574. The van der Waals surface area contributed by atoms with Gasteiger partial charge in [-0.15, -0.1) is 0 Å². The first kappa shape index (κ1) is 15.1. The third-order valence-corrected chi connectivity index (χ3v) is 3.46.